The van der Waals surface area contributed by atoms with E-state index in [0.717, 1.165) is 4.31 Å². The molecule has 0 spiro atoms. The van der Waals surface area contributed by atoms with Gasteiger partial charge in [-0.15, -0.1) is 6.58 Å². The van der Waals surface area contributed by atoms with E-state index in [1.807, 2.05) is 0 Å². The first kappa shape index (κ1) is 12.0. The quantitative estimate of drug-likeness (QED) is 0.752. The second kappa shape index (κ2) is 4.61. The Morgan fingerprint density at radius 3 is 2.73 bits per heavy atom. The van der Waals surface area contributed by atoms with Crippen molar-refractivity contribution in [3.05, 3.63) is 30.5 Å². The molecule has 6 heteroatoms. The SMILES string of the molecule is C=CCN(C)S(=O)(=O)c1ccc(CO)o1. The van der Waals surface area contributed by atoms with Crippen molar-refractivity contribution in [1.82, 2.24) is 4.31 Å². The van der Waals surface area contributed by atoms with E-state index < -0.39 is 10.0 Å². The number of aliphatic hydroxyl groups is 1. The second-order valence-electron chi connectivity index (χ2n) is 2.95. The molecule has 0 aliphatic carbocycles. The van der Waals surface area contributed by atoms with Gasteiger partial charge in [0, 0.05) is 13.6 Å². The topological polar surface area (TPSA) is 70.8 Å². The Morgan fingerprint density at radius 2 is 2.27 bits per heavy atom. The van der Waals surface area contributed by atoms with E-state index in [1.54, 1.807) is 0 Å². The number of furan rings is 1. The van der Waals surface area contributed by atoms with Crippen LogP contribution in [0.2, 0.25) is 0 Å². The van der Waals surface area contributed by atoms with Gasteiger partial charge < -0.3 is 9.52 Å². The fourth-order valence-electron chi connectivity index (χ4n) is 1.02. The number of nitrogens with zero attached hydrogens (tertiary/aromatic N) is 1. The number of aliphatic hydroxyl groups excluding tert-OH is 1. The van der Waals surface area contributed by atoms with E-state index in [0.29, 0.717) is 0 Å². The molecule has 0 aromatic carbocycles. The molecule has 0 fully saturated rings. The van der Waals surface area contributed by atoms with Gasteiger partial charge in [-0.2, -0.15) is 4.31 Å². The minimum absolute atomic E-state index is 0.170. The Labute approximate surface area is 88.7 Å². The van der Waals surface area contributed by atoms with E-state index in [4.69, 9.17) is 9.52 Å². The smallest absolute Gasteiger partial charge is 0.276 e. The van der Waals surface area contributed by atoms with Crippen LogP contribution in [-0.2, 0) is 16.6 Å². The monoisotopic (exact) mass is 231 g/mol. The van der Waals surface area contributed by atoms with Crippen LogP contribution in [-0.4, -0.2) is 31.4 Å². The van der Waals surface area contributed by atoms with Crippen LogP contribution in [0.15, 0.2) is 34.3 Å². The molecule has 0 aliphatic rings. The first-order chi connectivity index (χ1) is 7.02. The molecular weight excluding hydrogens is 218 g/mol. The molecule has 84 valence electrons. The molecule has 1 aromatic rings. The highest BCUT2D eigenvalue weighted by Gasteiger charge is 2.23. The van der Waals surface area contributed by atoms with Gasteiger partial charge in [0.25, 0.3) is 10.0 Å². The van der Waals surface area contributed by atoms with Gasteiger partial charge >= 0.3 is 0 Å². The zero-order valence-electron chi connectivity index (χ0n) is 8.38. The van der Waals surface area contributed by atoms with Crippen LogP contribution in [0.25, 0.3) is 0 Å². The summed E-state index contributed by atoms with van der Waals surface area (Å²) < 4.78 is 29.6. The van der Waals surface area contributed by atoms with Crippen molar-refractivity contribution in [3.8, 4) is 0 Å². The minimum atomic E-state index is -3.61. The average molecular weight is 231 g/mol. The van der Waals surface area contributed by atoms with Crippen molar-refractivity contribution < 1.29 is 17.9 Å². The summed E-state index contributed by atoms with van der Waals surface area (Å²) >= 11 is 0. The molecule has 5 nitrogen and oxygen atoms in total. The summed E-state index contributed by atoms with van der Waals surface area (Å²) in [6, 6.07) is 2.75. The summed E-state index contributed by atoms with van der Waals surface area (Å²) in [5.41, 5.74) is 0. The molecule has 0 aliphatic heterocycles. The zero-order chi connectivity index (χ0) is 11.5. The van der Waals surface area contributed by atoms with Crippen molar-refractivity contribution in [2.45, 2.75) is 11.7 Å². The third-order valence-corrected chi connectivity index (χ3v) is 3.54. The van der Waals surface area contributed by atoms with Gasteiger partial charge in [0.05, 0.1) is 0 Å². The summed E-state index contributed by atoms with van der Waals surface area (Å²) in [7, 11) is -2.18. The van der Waals surface area contributed by atoms with E-state index in [-0.39, 0.29) is 24.0 Å². The molecule has 0 amide bonds. The summed E-state index contributed by atoms with van der Waals surface area (Å²) in [5.74, 6) is 0.223. The van der Waals surface area contributed by atoms with Gasteiger partial charge in [0.15, 0.2) is 0 Å². The summed E-state index contributed by atoms with van der Waals surface area (Å²) in [6.07, 6.45) is 1.48. The van der Waals surface area contributed by atoms with Crippen LogP contribution in [0.5, 0.6) is 0 Å². The molecule has 15 heavy (non-hydrogen) atoms. The third kappa shape index (κ3) is 2.47. The second-order valence-corrected chi connectivity index (χ2v) is 4.93. The molecule has 1 N–H and O–H groups in total. The predicted octanol–water partition coefficient (Wildman–Crippen LogP) is 0.578. The largest absolute Gasteiger partial charge is 0.446 e. The number of sulfonamides is 1. The van der Waals surface area contributed by atoms with Crippen LogP contribution < -0.4 is 0 Å². The number of rotatable bonds is 5. The lowest BCUT2D eigenvalue weighted by atomic mass is 10.5. The number of hydrogen-bond donors (Lipinski definition) is 1. The first-order valence-corrected chi connectivity index (χ1v) is 5.73. The van der Waals surface area contributed by atoms with E-state index >= 15 is 0 Å². The number of hydrogen-bond acceptors (Lipinski definition) is 4. The van der Waals surface area contributed by atoms with Crippen molar-refractivity contribution in [3.63, 3.8) is 0 Å². The molecule has 0 saturated carbocycles. The van der Waals surface area contributed by atoms with Gasteiger partial charge in [-0.3, -0.25) is 0 Å². The van der Waals surface area contributed by atoms with E-state index in [1.165, 1.54) is 25.3 Å². The molecule has 1 rings (SSSR count). The normalized spacial score (nSPS) is 11.9. The van der Waals surface area contributed by atoms with Crippen molar-refractivity contribution >= 4 is 10.0 Å². The van der Waals surface area contributed by atoms with Gasteiger partial charge in [0.2, 0.25) is 5.09 Å². The summed E-state index contributed by atoms with van der Waals surface area (Å²) in [4.78, 5) is 0. The Hall–Kier alpha value is -1.11. The van der Waals surface area contributed by atoms with Crippen molar-refractivity contribution in [2.75, 3.05) is 13.6 Å². The van der Waals surface area contributed by atoms with E-state index in [9.17, 15) is 8.42 Å². The Bertz CT molecular complexity index is 435. The zero-order valence-corrected chi connectivity index (χ0v) is 9.20. The standard InChI is InChI=1S/C9H13NO4S/c1-3-6-10(2)15(12,13)9-5-4-8(7-11)14-9/h3-5,11H,1,6-7H2,2H3. The van der Waals surface area contributed by atoms with Crippen LogP contribution in [0.3, 0.4) is 0 Å². The maximum absolute atomic E-state index is 11.8. The fraction of sp³-hybridized carbons (Fsp3) is 0.333. The molecule has 0 radical (unpaired) electrons. The van der Waals surface area contributed by atoms with E-state index in [2.05, 4.69) is 6.58 Å². The van der Waals surface area contributed by atoms with Crippen LogP contribution in [0, 0.1) is 0 Å². The lowest BCUT2D eigenvalue weighted by molar-refractivity contribution is 0.235. The van der Waals surface area contributed by atoms with Crippen LogP contribution in [0.4, 0.5) is 0 Å². The molecule has 0 unspecified atom stereocenters. The average Bonchev–Trinajstić information content (AvgIpc) is 2.66. The highest BCUT2D eigenvalue weighted by atomic mass is 32.2. The Morgan fingerprint density at radius 1 is 1.60 bits per heavy atom. The van der Waals surface area contributed by atoms with Gasteiger partial charge in [-0.1, -0.05) is 6.08 Å². The van der Waals surface area contributed by atoms with Gasteiger partial charge in [-0.05, 0) is 12.1 Å². The summed E-state index contributed by atoms with van der Waals surface area (Å²) in [5, 5.41) is 8.57. The van der Waals surface area contributed by atoms with Crippen LogP contribution in [0.1, 0.15) is 5.76 Å². The van der Waals surface area contributed by atoms with Gasteiger partial charge in [-0.25, -0.2) is 8.42 Å². The Kier molecular flexibility index (Phi) is 3.67. The molecule has 1 aromatic heterocycles. The number of likely N-dealkylation sites (N-methyl/N-ethyl adjacent to an activating group) is 1. The molecule has 1 heterocycles. The lowest BCUT2D eigenvalue weighted by Gasteiger charge is -2.12. The predicted molar refractivity (Wildman–Crippen MR) is 54.6 cm³/mol. The lowest BCUT2D eigenvalue weighted by Crippen LogP contribution is -2.26. The maximum Gasteiger partial charge on any atom is 0.276 e. The summed E-state index contributed by atoms with van der Waals surface area (Å²) in [6.45, 7) is 3.34. The van der Waals surface area contributed by atoms with Crippen molar-refractivity contribution in [1.29, 1.82) is 0 Å². The molecular formula is C9H13NO4S. The van der Waals surface area contributed by atoms with Gasteiger partial charge in [0.1, 0.15) is 12.4 Å². The molecule has 0 atom stereocenters. The third-order valence-electron chi connectivity index (χ3n) is 1.84. The first-order valence-electron chi connectivity index (χ1n) is 4.29. The highest BCUT2D eigenvalue weighted by molar-refractivity contribution is 7.89. The highest BCUT2D eigenvalue weighted by Crippen LogP contribution is 2.17. The molecule has 0 saturated heterocycles. The molecule has 0 bridgehead atoms. The maximum atomic E-state index is 11.8. The fourth-order valence-corrected chi connectivity index (χ4v) is 2.08. The van der Waals surface area contributed by atoms with Crippen molar-refractivity contribution in [2.24, 2.45) is 0 Å². The Balaban J connectivity index is 3.00. The minimum Gasteiger partial charge on any atom is -0.446 e. The van der Waals surface area contributed by atoms with Crippen LogP contribution >= 0.6 is 0 Å².